The van der Waals surface area contributed by atoms with Crippen LogP contribution >= 0.6 is 0 Å². The van der Waals surface area contributed by atoms with E-state index < -0.39 is 0 Å². The third-order valence-corrected chi connectivity index (χ3v) is 2.15. The molecule has 0 aromatic carbocycles. The van der Waals surface area contributed by atoms with E-state index in [0.29, 0.717) is 23.8 Å². The maximum absolute atomic E-state index is 5.84. The van der Waals surface area contributed by atoms with Gasteiger partial charge in [0.05, 0.1) is 0 Å². The van der Waals surface area contributed by atoms with Gasteiger partial charge in [0, 0.05) is 6.04 Å². The second-order valence-electron chi connectivity index (χ2n) is 3.92. The van der Waals surface area contributed by atoms with Crippen molar-refractivity contribution < 1.29 is 0 Å². The van der Waals surface area contributed by atoms with Crippen molar-refractivity contribution in [2.75, 3.05) is 0 Å². The second-order valence-corrected chi connectivity index (χ2v) is 3.92. The van der Waals surface area contributed by atoms with Gasteiger partial charge in [0.15, 0.2) is 0 Å². The van der Waals surface area contributed by atoms with Crippen molar-refractivity contribution in [3.05, 3.63) is 0 Å². The third-order valence-electron chi connectivity index (χ3n) is 2.15. The summed E-state index contributed by atoms with van der Waals surface area (Å²) in [7, 11) is 0. The molecule has 0 saturated carbocycles. The van der Waals surface area contributed by atoms with Gasteiger partial charge >= 0.3 is 0 Å². The number of hydrogen-bond acceptors (Lipinski definition) is 1. The van der Waals surface area contributed by atoms with Crippen molar-refractivity contribution in [3.63, 3.8) is 0 Å². The topological polar surface area (TPSA) is 26.0 Å². The molecule has 2 N–H and O–H groups in total. The van der Waals surface area contributed by atoms with Crippen LogP contribution in [0.15, 0.2) is 0 Å². The zero-order valence-electron chi connectivity index (χ0n) is 7.89. The van der Waals surface area contributed by atoms with Gasteiger partial charge in [0.2, 0.25) is 0 Å². The molecule has 62 valence electrons. The van der Waals surface area contributed by atoms with Gasteiger partial charge in [-0.2, -0.15) is 0 Å². The van der Waals surface area contributed by atoms with Crippen LogP contribution in [0.1, 0.15) is 34.6 Å². The molecule has 0 amide bonds. The Morgan fingerprint density at radius 1 is 0.800 bits per heavy atom. The lowest BCUT2D eigenvalue weighted by atomic mass is 9.81. The molecule has 0 bridgehead atoms. The van der Waals surface area contributed by atoms with E-state index in [9.17, 15) is 0 Å². The van der Waals surface area contributed by atoms with Crippen LogP contribution in [0.2, 0.25) is 0 Å². The van der Waals surface area contributed by atoms with Crippen molar-refractivity contribution in [2.45, 2.75) is 40.7 Å². The van der Waals surface area contributed by atoms with Crippen LogP contribution in [0.25, 0.3) is 0 Å². The molecule has 0 aliphatic rings. The van der Waals surface area contributed by atoms with E-state index in [1.807, 2.05) is 0 Å². The highest BCUT2D eigenvalue weighted by Gasteiger charge is 2.20. The second kappa shape index (κ2) is 3.97. The van der Waals surface area contributed by atoms with Crippen LogP contribution in [0.4, 0.5) is 0 Å². The highest BCUT2D eigenvalue weighted by molar-refractivity contribution is 4.74. The maximum Gasteiger partial charge on any atom is 0.00436 e. The molecule has 1 heteroatoms. The average Bonchev–Trinajstić information content (AvgIpc) is 1.59. The molecule has 1 atom stereocenters. The Balaban J connectivity index is 3.98. The quantitative estimate of drug-likeness (QED) is 0.644. The largest absolute Gasteiger partial charge is 0.328 e. The SMILES string of the molecule is CC(C)C(C(C)C)[C@H](C)N. The van der Waals surface area contributed by atoms with Gasteiger partial charge in [-0.05, 0) is 24.7 Å². The molecule has 0 aromatic heterocycles. The minimum Gasteiger partial charge on any atom is -0.328 e. The monoisotopic (exact) mass is 143 g/mol. The van der Waals surface area contributed by atoms with Gasteiger partial charge in [0.1, 0.15) is 0 Å². The third kappa shape index (κ3) is 2.70. The van der Waals surface area contributed by atoms with Crippen molar-refractivity contribution in [3.8, 4) is 0 Å². The fourth-order valence-corrected chi connectivity index (χ4v) is 1.98. The van der Waals surface area contributed by atoms with Crippen molar-refractivity contribution in [1.29, 1.82) is 0 Å². The van der Waals surface area contributed by atoms with E-state index in [-0.39, 0.29) is 0 Å². The van der Waals surface area contributed by atoms with Crippen LogP contribution in [-0.4, -0.2) is 6.04 Å². The smallest absolute Gasteiger partial charge is 0.00436 e. The summed E-state index contributed by atoms with van der Waals surface area (Å²) in [5.41, 5.74) is 5.84. The fourth-order valence-electron chi connectivity index (χ4n) is 1.98. The first-order valence-electron chi connectivity index (χ1n) is 4.22. The Bertz CT molecular complexity index is 65.7. The zero-order valence-corrected chi connectivity index (χ0v) is 7.89. The van der Waals surface area contributed by atoms with Gasteiger partial charge in [-0.3, -0.25) is 0 Å². The Kier molecular flexibility index (Phi) is 3.95. The van der Waals surface area contributed by atoms with E-state index in [2.05, 4.69) is 34.6 Å². The summed E-state index contributed by atoms with van der Waals surface area (Å²) in [6, 6.07) is 0.333. The van der Waals surface area contributed by atoms with Crippen molar-refractivity contribution in [2.24, 2.45) is 23.5 Å². The molecule has 0 aromatic rings. The summed E-state index contributed by atoms with van der Waals surface area (Å²) in [6.07, 6.45) is 0. The minimum absolute atomic E-state index is 0.333. The molecule has 1 nitrogen and oxygen atoms in total. The molecule has 0 fully saturated rings. The minimum atomic E-state index is 0.333. The standard InChI is InChI=1S/C9H21N/c1-6(2)9(7(3)4)8(5)10/h6-9H,10H2,1-5H3/t8-/m0/s1. The van der Waals surface area contributed by atoms with E-state index in [1.165, 1.54) is 0 Å². The van der Waals surface area contributed by atoms with Crippen LogP contribution in [0, 0.1) is 17.8 Å². The molecular weight excluding hydrogens is 122 g/mol. The Hall–Kier alpha value is -0.0400. The fraction of sp³-hybridized carbons (Fsp3) is 1.00. The van der Waals surface area contributed by atoms with Crippen LogP contribution in [0.5, 0.6) is 0 Å². The molecule has 0 radical (unpaired) electrons. The predicted molar refractivity (Wildman–Crippen MR) is 46.8 cm³/mol. The lowest BCUT2D eigenvalue weighted by Gasteiger charge is -2.28. The number of rotatable bonds is 3. The van der Waals surface area contributed by atoms with Gasteiger partial charge in [-0.25, -0.2) is 0 Å². The van der Waals surface area contributed by atoms with Crippen molar-refractivity contribution in [1.82, 2.24) is 0 Å². The lowest BCUT2D eigenvalue weighted by Crippen LogP contribution is -2.34. The van der Waals surface area contributed by atoms with Crippen LogP contribution in [-0.2, 0) is 0 Å². The summed E-state index contributed by atoms with van der Waals surface area (Å²) in [5.74, 6) is 2.08. The maximum atomic E-state index is 5.84. The molecule has 0 heterocycles. The Labute approximate surface area is 65.0 Å². The van der Waals surface area contributed by atoms with E-state index in [4.69, 9.17) is 5.73 Å². The zero-order chi connectivity index (χ0) is 8.31. The first-order chi connectivity index (χ1) is 4.46. The summed E-state index contributed by atoms with van der Waals surface area (Å²) in [6.45, 7) is 11.1. The molecule has 0 aliphatic heterocycles. The Morgan fingerprint density at radius 2 is 1.10 bits per heavy atom. The van der Waals surface area contributed by atoms with Crippen molar-refractivity contribution >= 4 is 0 Å². The number of nitrogens with two attached hydrogens (primary N) is 1. The van der Waals surface area contributed by atoms with E-state index in [0.717, 1.165) is 0 Å². The molecule has 0 unspecified atom stereocenters. The molecular formula is C9H21N. The lowest BCUT2D eigenvalue weighted by molar-refractivity contribution is 0.248. The molecule has 0 spiro atoms. The van der Waals surface area contributed by atoms with Crippen LogP contribution in [0.3, 0.4) is 0 Å². The van der Waals surface area contributed by atoms with Gasteiger partial charge in [-0.1, -0.05) is 27.7 Å². The summed E-state index contributed by atoms with van der Waals surface area (Å²) >= 11 is 0. The molecule has 0 saturated heterocycles. The van der Waals surface area contributed by atoms with Gasteiger partial charge < -0.3 is 5.73 Å². The molecule has 0 rings (SSSR count). The Morgan fingerprint density at radius 3 is 1.10 bits per heavy atom. The summed E-state index contributed by atoms with van der Waals surface area (Å²) in [4.78, 5) is 0. The normalized spacial score (nSPS) is 15.3. The van der Waals surface area contributed by atoms with Gasteiger partial charge in [0.25, 0.3) is 0 Å². The predicted octanol–water partition coefficient (Wildman–Crippen LogP) is 2.26. The average molecular weight is 143 g/mol. The molecule has 10 heavy (non-hydrogen) atoms. The van der Waals surface area contributed by atoms with E-state index >= 15 is 0 Å². The highest BCUT2D eigenvalue weighted by atomic mass is 14.6. The van der Waals surface area contributed by atoms with Gasteiger partial charge in [-0.15, -0.1) is 0 Å². The first-order valence-corrected chi connectivity index (χ1v) is 4.22. The van der Waals surface area contributed by atoms with E-state index in [1.54, 1.807) is 0 Å². The molecule has 0 aliphatic carbocycles. The summed E-state index contributed by atoms with van der Waals surface area (Å²) < 4.78 is 0. The number of hydrogen-bond donors (Lipinski definition) is 1. The first kappa shape index (κ1) is 9.96. The van der Waals surface area contributed by atoms with Crippen LogP contribution < -0.4 is 5.73 Å². The summed E-state index contributed by atoms with van der Waals surface area (Å²) in [5, 5.41) is 0. The highest BCUT2D eigenvalue weighted by Crippen LogP contribution is 2.22.